The lowest BCUT2D eigenvalue weighted by molar-refractivity contribution is -0.384. The molecule has 1 N–H and O–H groups in total. The minimum Gasteiger partial charge on any atom is -0.451 e. The van der Waals surface area contributed by atoms with E-state index in [1.54, 1.807) is 31.4 Å². The van der Waals surface area contributed by atoms with E-state index in [2.05, 4.69) is 5.32 Å². The fraction of sp³-hybridized carbons (Fsp3) is 0.200. The highest BCUT2D eigenvalue weighted by molar-refractivity contribution is 7.11. The number of nitrogens with zero attached hydrogens (tertiary/aromatic N) is 1. The number of anilines is 1. The van der Waals surface area contributed by atoms with Crippen LogP contribution >= 0.6 is 11.3 Å². The summed E-state index contributed by atoms with van der Waals surface area (Å²) in [6.45, 7) is 3.02. The number of rotatable bonds is 5. The van der Waals surface area contributed by atoms with Crippen molar-refractivity contribution in [2.24, 2.45) is 0 Å². The summed E-state index contributed by atoms with van der Waals surface area (Å²) in [6.07, 6.45) is 0. The molecule has 23 heavy (non-hydrogen) atoms. The van der Waals surface area contributed by atoms with E-state index in [9.17, 15) is 19.7 Å². The summed E-state index contributed by atoms with van der Waals surface area (Å²) in [5.74, 6) is -1.24. The van der Waals surface area contributed by atoms with Gasteiger partial charge in [-0.1, -0.05) is 6.07 Å². The van der Waals surface area contributed by atoms with Crippen molar-refractivity contribution in [3.63, 3.8) is 0 Å². The number of amides is 1. The van der Waals surface area contributed by atoms with E-state index in [1.807, 2.05) is 0 Å². The zero-order chi connectivity index (χ0) is 17.0. The molecular weight excluding hydrogens is 320 g/mol. The summed E-state index contributed by atoms with van der Waals surface area (Å²) < 4.78 is 4.86. The molecule has 0 spiro atoms. The Morgan fingerprint density at radius 1 is 1.30 bits per heavy atom. The van der Waals surface area contributed by atoms with E-state index >= 15 is 0 Å². The maximum Gasteiger partial charge on any atom is 0.348 e. The van der Waals surface area contributed by atoms with Gasteiger partial charge in [-0.3, -0.25) is 14.9 Å². The number of thiophene rings is 1. The number of hydrogen-bond acceptors (Lipinski definition) is 6. The molecule has 0 atom stereocenters. The third-order valence-corrected chi connectivity index (χ3v) is 3.99. The molecular formula is C15H14N2O5S. The number of ether oxygens (including phenoxy) is 1. The van der Waals surface area contributed by atoms with Crippen molar-refractivity contribution in [2.75, 3.05) is 11.9 Å². The lowest BCUT2D eigenvalue weighted by atomic mass is 10.1. The Morgan fingerprint density at radius 3 is 2.61 bits per heavy atom. The third kappa shape index (κ3) is 4.13. The van der Waals surface area contributed by atoms with Crippen molar-refractivity contribution in [2.45, 2.75) is 13.8 Å². The van der Waals surface area contributed by atoms with Crippen LogP contribution in [0.5, 0.6) is 0 Å². The molecule has 1 amide bonds. The number of carbonyl (C=O) groups excluding carboxylic acids is 2. The monoisotopic (exact) mass is 334 g/mol. The second kappa shape index (κ2) is 7.01. The van der Waals surface area contributed by atoms with Gasteiger partial charge in [0.2, 0.25) is 0 Å². The van der Waals surface area contributed by atoms with Crippen LogP contribution in [0.25, 0.3) is 0 Å². The predicted molar refractivity (Wildman–Crippen MR) is 85.8 cm³/mol. The van der Waals surface area contributed by atoms with Crippen molar-refractivity contribution >= 4 is 34.6 Å². The van der Waals surface area contributed by atoms with E-state index in [0.29, 0.717) is 4.88 Å². The van der Waals surface area contributed by atoms with E-state index in [0.717, 1.165) is 11.1 Å². The molecule has 0 aliphatic carbocycles. The Balaban J connectivity index is 2.04. The summed E-state index contributed by atoms with van der Waals surface area (Å²) in [5.41, 5.74) is 1.43. The summed E-state index contributed by atoms with van der Waals surface area (Å²) in [4.78, 5) is 34.4. The van der Waals surface area contributed by atoms with Crippen LogP contribution in [-0.4, -0.2) is 23.4 Å². The number of carbonyl (C=O) groups is 2. The molecule has 0 aliphatic heterocycles. The first kappa shape index (κ1) is 16.6. The normalized spacial score (nSPS) is 10.2. The average Bonchev–Trinajstić information content (AvgIpc) is 3.02. The molecule has 8 heteroatoms. The molecule has 1 aromatic carbocycles. The van der Waals surface area contributed by atoms with Crippen LogP contribution in [0.4, 0.5) is 11.4 Å². The van der Waals surface area contributed by atoms with Crippen molar-refractivity contribution < 1.29 is 19.2 Å². The molecule has 0 aliphatic rings. The van der Waals surface area contributed by atoms with Gasteiger partial charge in [0.15, 0.2) is 6.61 Å². The van der Waals surface area contributed by atoms with E-state index < -0.39 is 23.4 Å². The number of benzene rings is 1. The van der Waals surface area contributed by atoms with Gasteiger partial charge < -0.3 is 10.1 Å². The van der Waals surface area contributed by atoms with E-state index in [1.165, 1.54) is 23.5 Å². The second-order valence-electron chi connectivity index (χ2n) is 4.81. The summed E-state index contributed by atoms with van der Waals surface area (Å²) in [5, 5.41) is 15.2. The zero-order valence-electron chi connectivity index (χ0n) is 12.5. The largest absolute Gasteiger partial charge is 0.451 e. The Morgan fingerprint density at radius 2 is 2.00 bits per heavy atom. The Bertz CT molecular complexity index is 755. The summed E-state index contributed by atoms with van der Waals surface area (Å²) in [7, 11) is 0. The Hall–Kier alpha value is -2.74. The highest BCUT2D eigenvalue weighted by Crippen LogP contribution is 2.27. The standard InChI is InChI=1S/C15H14N2O5S/c1-9-6-11(12(17(20)21)7-10(9)2)16-14(18)8-22-15(19)13-4-3-5-23-13/h3-7H,8H2,1-2H3,(H,16,18). The number of esters is 1. The van der Waals surface area contributed by atoms with Gasteiger partial charge in [0.05, 0.1) is 4.92 Å². The predicted octanol–water partition coefficient (Wildman–Crippen LogP) is 3.07. The molecule has 0 radical (unpaired) electrons. The molecule has 120 valence electrons. The van der Waals surface area contributed by atoms with Gasteiger partial charge in [-0.2, -0.15) is 0 Å². The summed E-state index contributed by atoms with van der Waals surface area (Å²) >= 11 is 1.20. The molecule has 0 saturated heterocycles. The van der Waals surface area contributed by atoms with E-state index in [-0.39, 0.29) is 11.4 Å². The lowest BCUT2D eigenvalue weighted by Gasteiger charge is -2.09. The van der Waals surface area contributed by atoms with E-state index in [4.69, 9.17) is 4.74 Å². The fourth-order valence-corrected chi connectivity index (χ4v) is 2.45. The minimum atomic E-state index is -0.638. The highest BCUT2D eigenvalue weighted by Gasteiger charge is 2.18. The van der Waals surface area contributed by atoms with Gasteiger partial charge in [0.1, 0.15) is 10.6 Å². The molecule has 2 aromatic rings. The first-order chi connectivity index (χ1) is 10.9. The third-order valence-electron chi connectivity index (χ3n) is 3.14. The molecule has 0 fully saturated rings. The fourth-order valence-electron chi connectivity index (χ4n) is 1.84. The first-order valence-corrected chi connectivity index (χ1v) is 7.52. The van der Waals surface area contributed by atoms with Gasteiger partial charge in [-0.25, -0.2) is 4.79 Å². The highest BCUT2D eigenvalue weighted by atomic mass is 32.1. The Kier molecular flexibility index (Phi) is 5.07. The molecule has 0 saturated carbocycles. The first-order valence-electron chi connectivity index (χ1n) is 6.64. The van der Waals surface area contributed by atoms with Crippen LogP contribution < -0.4 is 5.32 Å². The van der Waals surface area contributed by atoms with Crippen LogP contribution in [0.2, 0.25) is 0 Å². The molecule has 0 unspecified atom stereocenters. The summed E-state index contributed by atoms with van der Waals surface area (Å²) in [6, 6.07) is 6.19. The lowest BCUT2D eigenvalue weighted by Crippen LogP contribution is -2.21. The van der Waals surface area contributed by atoms with Crippen LogP contribution in [-0.2, 0) is 9.53 Å². The van der Waals surface area contributed by atoms with Crippen LogP contribution in [0.1, 0.15) is 20.8 Å². The van der Waals surface area contributed by atoms with Crippen molar-refractivity contribution in [1.82, 2.24) is 0 Å². The molecule has 1 aromatic heterocycles. The maximum atomic E-state index is 11.9. The van der Waals surface area contributed by atoms with Gasteiger partial charge in [-0.05, 0) is 42.5 Å². The second-order valence-corrected chi connectivity index (χ2v) is 5.76. The molecule has 0 bridgehead atoms. The minimum absolute atomic E-state index is 0.0790. The molecule has 7 nitrogen and oxygen atoms in total. The van der Waals surface area contributed by atoms with Crippen LogP contribution in [0, 0.1) is 24.0 Å². The number of hydrogen-bond donors (Lipinski definition) is 1. The van der Waals surface area contributed by atoms with Crippen molar-refractivity contribution in [1.29, 1.82) is 0 Å². The average molecular weight is 334 g/mol. The van der Waals surface area contributed by atoms with Gasteiger partial charge in [0, 0.05) is 6.07 Å². The van der Waals surface area contributed by atoms with Gasteiger partial charge in [0.25, 0.3) is 11.6 Å². The van der Waals surface area contributed by atoms with Gasteiger partial charge in [-0.15, -0.1) is 11.3 Å². The quantitative estimate of drug-likeness (QED) is 0.515. The SMILES string of the molecule is Cc1cc(NC(=O)COC(=O)c2cccs2)c([N+](=O)[O-])cc1C. The number of nitro benzene ring substituents is 1. The number of nitrogens with one attached hydrogen (secondary N) is 1. The smallest absolute Gasteiger partial charge is 0.348 e. The molecule has 1 heterocycles. The zero-order valence-corrected chi connectivity index (χ0v) is 13.3. The Labute approximate surface area is 136 Å². The van der Waals surface area contributed by atoms with Crippen molar-refractivity contribution in [3.05, 3.63) is 55.8 Å². The topological polar surface area (TPSA) is 98.5 Å². The van der Waals surface area contributed by atoms with Crippen LogP contribution in [0.3, 0.4) is 0 Å². The molecule has 2 rings (SSSR count). The number of nitro groups is 1. The van der Waals surface area contributed by atoms with Crippen LogP contribution in [0.15, 0.2) is 29.6 Å². The van der Waals surface area contributed by atoms with Gasteiger partial charge >= 0.3 is 5.97 Å². The number of aryl methyl sites for hydroxylation is 2. The maximum absolute atomic E-state index is 11.9. The van der Waals surface area contributed by atoms with Crippen molar-refractivity contribution in [3.8, 4) is 0 Å².